The number of carbonyl (C=O) groups is 2. The Morgan fingerprint density at radius 3 is 2.03 bits per heavy atom. The van der Waals surface area contributed by atoms with E-state index < -0.39 is 5.97 Å². The molecule has 0 saturated heterocycles. The van der Waals surface area contributed by atoms with E-state index in [0.29, 0.717) is 11.3 Å². The summed E-state index contributed by atoms with van der Waals surface area (Å²) in [4.78, 5) is 24.3. The number of ether oxygens (including phenoxy) is 2. The van der Waals surface area contributed by atoms with Gasteiger partial charge in [0.2, 0.25) is 5.91 Å². The molecule has 0 saturated carbocycles. The Hall–Kier alpha value is -3.44. The standard InChI is InChI=1S/C24H23NO4/c1-17-13-14-20(24(27)28-2)15-21(17)25-22(26)16-29-23(18-9-5-3-6-10-18)19-11-7-4-8-12-19/h3-15,23H,16H2,1-2H3,(H,25,26). The maximum absolute atomic E-state index is 12.5. The molecule has 0 aliphatic heterocycles. The number of amides is 1. The van der Waals surface area contributed by atoms with Crippen molar-refractivity contribution in [1.29, 1.82) is 0 Å². The molecule has 0 aliphatic carbocycles. The van der Waals surface area contributed by atoms with Crippen molar-refractivity contribution in [2.24, 2.45) is 0 Å². The molecule has 5 heteroatoms. The fourth-order valence-corrected chi connectivity index (χ4v) is 2.99. The summed E-state index contributed by atoms with van der Waals surface area (Å²) < 4.78 is 10.7. The van der Waals surface area contributed by atoms with Gasteiger partial charge in [-0.1, -0.05) is 66.7 Å². The van der Waals surface area contributed by atoms with Crippen LogP contribution in [0.1, 0.15) is 33.2 Å². The molecule has 0 spiro atoms. The number of aryl methyl sites for hydroxylation is 1. The van der Waals surface area contributed by atoms with E-state index in [-0.39, 0.29) is 18.6 Å². The van der Waals surface area contributed by atoms with Gasteiger partial charge in [0.05, 0.1) is 12.7 Å². The van der Waals surface area contributed by atoms with Crippen molar-refractivity contribution in [3.8, 4) is 0 Å². The van der Waals surface area contributed by atoms with Gasteiger partial charge in [-0.05, 0) is 35.7 Å². The maximum atomic E-state index is 12.5. The molecule has 0 radical (unpaired) electrons. The number of rotatable bonds is 7. The van der Waals surface area contributed by atoms with Gasteiger partial charge in [0, 0.05) is 5.69 Å². The first-order chi connectivity index (χ1) is 14.1. The number of esters is 1. The van der Waals surface area contributed by atoms with Crippen LogP contribution in [0.25, 0.3) is 0 Å². The Balaban J connectivity index is 1.72. The highest BCUT2D eigenvalue weighted by Crippen LogP contribution is 2.26. The zero-order valence-electron chi connectivity index (χ0n) is 16.4. The molecule has 3 aromatic rings. The second kappa shape index (κ2) is 9.66. The first-order valence-corrected chi connectivity index (χ1v) is 9.29. The molecule has 0 unspecified atom stereocenters. The number of nitrogens with one attached hydrogen (secondary N) is 1. The van der Waals surface area contributed by atoms with Gasteiger partial charge in [-0.15, -0.1) is 0 Å². The minimum absolute atomic E-state index is 0.129. The van der Waals surface area contributed by atoms with Gasteiger partial charge >= 0.3 is 5.97 Å². The van der Waals surface area contributed by atoms with Gasteiger partial charge in [-0.2, -0.15) is 0 Å². The quantitative estimate of drug-likeness (QED) is 0.603. The molecular weight excluding hydrogens is 366 g/mol. The van der Waals surface area contributed by atoms with Crippen molar-refractivity contribution < 1.29 is 19.1 Å². The van der Waals surface area contributed by atoms with E-state index in [1.807, 2.05) is 67.6 Å². The Labute approximate surface area is 170 Å². The molecule has 1 amide bonds. The van der Waals surface area contributed by atoms with Gasteiger partial charge in [0.15, 0.2) is 0 Å². The molecule has 3 rings (SSSR count). The average Bonchev–Trinajstić information content (AvgIpc) is 2.76. The number of anilines is 1. The van der Waals surface area contributed by atoms with E-state index in [4.69, 9.17) is 9.47 Å². The first kappa shape index (κ1) is 20.3. The maximum Gasteiger partial charge on any atom is 0.337 e. The van der Waals surface area contributed by atoms with Crippen LogP contribution in [0, 0.1) is 6.92 Å². The predicted molar refractivity (Wildman–Crippen MR) is 112 cm³/mol. The van der Waals surface area contributed by atoms with Crippen molar-refractivity contribution in [1.82, 2.24) is 0 Å². The van der Waals surface area contributed by atoms with Crippen molar-refractivity contribution in [2.75, 3.05) is 19.0 Å². The lowest BCUT2D eigenvalue weighted by molar-refractivity contribution is -0.121. The number of hydrogen-bond acceptors (Lipinski definition) is 4. The lowest BCUT2D eigenvalue weighted by Crippen LogP contribution is -2.21. The van der Waals surface area contributed by atoms with Crippen LogP contribution in [-0.2, 0) is 14.3 Å². The molecule has 0 aromatic heterocycles. The summed E-state index contributed by atoms with van der Waals surface area (Å²) in [7, 11) is 1.32. The SMILES string of the molecule is COC(=O)c1ccc(C)c(NC(=O)COC(c2ccccc2)c2ccccc2)c1. The van der Waals surface area contributed by atoms with Gasteiger partial charge in [-0.3, -0.25) is 4.79 Å². The summed E-state index contributed by atoms with van der Waals surface area (Å²) in [5.41, 5.74) is 3.71. The third kappa shape index (κ3) is 5.30. The predicted octanol–water partition coefficient (Wildman–Crippen LogP) is 4.53. The minimum atomic E-state index is -0.454. The largest absolute Gasteiger partial charge is 0.465 e. The Kier molecular flexibility index (Phi) is 6.76. The highest BCUT2D eigenvalue weighted by Gasteiger charge is 2.17. The van der Waals surface area contributed by atoms with Crippen LogP contribution in [0.4, 0.5) is 5.69 Å². The molecule has 0 heterocycles. The molecule has 0 aliphatic rings. The normalized spacial score (nSPS) is 10.6. The second-order valence-electron chi connectivity index (χ2n) is 6.58. The lowest BCUT2D eigenvalue weighted by atomic mass is 10.0. The zero-order chi connectivity index (χ0) is 20.6. The van der Waals surface area contributed by atoms with Gasteiger partial charge in [-0.25, -0.2) is 4.79 Å². The molecule has 0 bridgehead atoms. The Morgan fingerprint density at radius 1 is 0.897 bits per heavy atom. The third-order valence-electron chi connectivity index (χ3n) is 4.52. The molecule has 1 N–H and O–H groups in total. The minimum Gasteiger partial charge on any atom is -0.465 e. The molecule has 29 heavy (non-hydrogen) atoms. The van der Waals surface area contributed by atoms with Crippen LogP contribution in [0.3, 0.4) is 0 Å². The van der Waals surface area contributed by atoms with E-state index in [9.17, 15) is 9.59 Å². The lowest BCUT2D eigenvalue weighted by Gasteiger charge is -2.19. The molecule has 0 atom stereocenters. The van der Waals surface area contributed by atoms with Crippen LogP contribution in [0.15, 0.2) is 78.9 Å². The van der Waals surface area contributed by atoms with E-state index in [1.165, 1.54) is 7.11 Å². The van der Waals surface area contributed by atoms with Crippen molar-refractivity contribution in [2.45, 2.75) is 13.0 Å². The van der Waals surface area contributed by atoms with E-state index >= 15 is 0 Å². The van der Waals surface area contributed by atoms with Gasteiger partial charge in [0.25, 0.3) is 0 Å². The smallest absolute Gasteiger partial charge is 0.337 e. The second-order valence-corrected chi connectivity index (χ2v) is 6.58. The van der Waals surface area contributed by atoms with Crippen LogP contribution in [0.5, 0.6) is 0 Å². The fraction of sp³-hybridized carbons (Fsp3) is 0.167. The Bertz CT molecular complexity index is 931. The summed E-state index contributed by atoms with van der Waals surface area (Å²) in [5, 5.41) is 2.82. The topological polar surface area (TPSA) is 64.6 Å². The van der Waals surface area contributed by atoms with E-state index in [0.717, 1.165) is 16.7 Å². The van der Waals surface area contributed by atoms with Crippen LogP contribution in [0.2, 0.25) is 0 Å². The van der Waals surface area contributed by atoms with E-state index in [2.05, 4.69) is 5.32 Å². The van der Waals surface area contributed by atoms with Gasteiger partial charge in [0.1, 0.15) is 12.7 Å². The number of carbonyl (C=O) groups excluding carboxylic acids is 2. The summed E-state index contributed by atoms with van der Waals surface area (Å²) in [6.07, 6.45) is -0.356. The Morgan fingerprint density at radius 2 is 1.48 bits per heavy atom. The molecule has 3 aromatic carbocycles. The summed E-state index contributed by atoms with van der Waals surface area (Å²) in [6, 6.07) is 24.6. The van der Waals surface area contributed by atoms with Gasteiger partial charge < -0.3 is 14.8 Å². The summed E-state index contributed by atoms with van der Waals surface area (Å²) in [6.45, 7) is 1.73. The van der Waals surface area contributed by atoms with Crippen molar-refractivity contribution >= 4 is 17.6 Å². The zero-order valence-corrected chi connectivity index (χ0v) is 16.4. The van der Waals surface area contributed by atoms with Crippen molar-refractivity contribution in [3.63, 3.8) is 0 Å². The first-order valence-electron chi connectivity index (χ1n) is 9.29. The highest BCUT2D eigenvalue weighted by molar-refractivity contribution is 5.95. The fourth-order valence-electron chi connectivity index (χ4n) is 2.99. The van der Waals surface area contributed by atoms with Crippen molar-refractivity contribution in [3.05, 3.63) is 101 Å². The summed E-state index contributed by atoms with van der Waals surface area (Å²) >= 11 is 0. The number of methoxy groups -OCH3 is 1. The number of benzene rings is 3. The molecule has 5 nitrogen and oxygen atoms in total. The summed E-state index contributed by atoms with van der Waals surface area (Å²) in [5.74, 6) is -0.753. The third-order valence-corrected chi connectivity index (χ3v) is 4.52. The highest BCUT2D eigenvalue weighted by atomic mass is 16.5. The van der Waals surface area contributed by atoms with Crippen LogP contribution < -0.4 is 5.32 Å². The monoisotopic (exact) mass is 389 g/mol. The average molecular weight is 389 g/mol. The van der Waals surface area contributed by atoms with Crippen LogP contribution >= 0.6 is 0 Å². The molecular formula is C24H23NO4. The molecule has 148 valence electrons. The molecule has 0 fully saturated rings. The number of hydrogen-bond donors (Lipinski definition) is 1. The van der Waals surface area contributed by atoms with Crippen LogP contribution in [-0.4, -0.2) is 25.6 Å². The van der Waals surface area contributed by atoms with E-state index in [1.54, 1.807) is 18.2 Å².